The number of amides is 1. The van der Waals surface area contributed by atoms with E-state index in [0.717, 1.165) is 16.7 Å². The summed E-state index contributed by atoms with van der Waals surface area (Å²) >= 11 is 0. The van der Waals surface area contributed by atoms with Crippen LogP contribution in [0, 0.1) is 6.92 Å². The second kappa shape index (κ2) is 9.97. The smallest absolute Gasteiger partial charge is 0.255 e. The summed E-state index contributed by atoms with van der Waals surface area (Å²) in [5.41, 5.74) is 2.87. The zero-order valence-electron chi connectivity index (χ0n) is 18.6. The molecule has 0 spiro atoms. The summed E-state index contributed by atoms with van der Waals surface area (Å²) in [5, 5.41) is 2.78. The first-order valence-corrected chi connectivity index (χ1v) is 11.8. The van der Waals surface area contributed by atoms with Gasteiger partial charge in [0.05, 0.1) is 23.6 Å². The van der Waals surface area contributed by atoms with E-state index in [1.807, 2.05) is 75.4 Å². The number of nitrogens with one attached hydrogen (secondary N) is 2. The van der Waals surface area contributed by atoms with Gasteiger partial charge in [0.25, 0.3) is 5.91 Å². The predicted molar refractivity (Wildman–Crippen MR) is 125 cm³/mol. The monoisotopic (exact) mass is 452 g/mol. The summed E-state index contributed by atoms with van der Waals surface area (Å²) in [4.78, 5) is 12.6. The van der Waals surface area contributed by atoms with Gasteiger partial charge in [0.1, 0.15) is 5.75 Å². The Morgan fingerprint density at radius 1 is 0.906 bits per heavy atom. The lowest BCUT2D eigenvalue weighted by atomic mass is 9.99. The van der Waals surface area contributed by atoms with Gasteiger partial charge in [-0.05, 0) is 50.1 Å². The minimum absolute atomic E-state index is 0.0137. The number of hydrogen-bond donors (Lipinski definition) is 2. The molecule has 0 saturated carbocycles. The topological polar surface area (TPSA) is 84.5 Å². The molecule has 3 aromatic carbocycles. The van der Waals surface area contributed by atoms with Crippen LogP contribution in [0.3, 0.4) is 0 Å². The van der Waals surface area contributed by atoms with Crippen LogP contribution in [0.15, 0.2) is 77.7 Å². The summed E-state index contributed by atoms with van der Waals surface area (Å²) in [6.45, 7) is 5.64. The molecule has 6 nitrogen and oxygen atoms in total. The fourth-order valence-electron chi connectivity index (χ4n) is 3.33. The number of aryl methyl sites for hydroxylation is 1. The van der Waals surface area contributed by atoms with E-state index < -0.39 is 22.0 Å². The van der Waals surface area contributed by atoms with Crippen LogP contribution in [0.5, 0.6) is 5.75 Å². The Hall–Kier alpha value is -3.16. The van der Waals surface area contributed by atoms with Gasteiger partial charge in [-0.1, -0.05) is 60.2 Å². The van der Waals surface area contributed by atoms with E-state index in [1.54, 1.807) is 0 Å². The SMILES string of the molecule is COc1ccc(S(=O)(=O)NC(c2ccccc2)c2ccc(C)cc2)cc1C(=O)NC(C)C. The van der Waals surface area contributed by atoms with Crippen LogP contribution >= 0.6 is 0 Å². The molecule has 0 aliphatic carbocycles. The fraction of sp³-hybridized carbons (Fsp3) is 0.240. The van der Waals surface area contributed by atoms with Gasteiger partial charge in [-0.15, -0.1) is 0 Å². The van der Waals surface area contributed by atoms with Crippen LogP contribution in [-0.4, -0.2) is 27.5 Å². The minimum atomic E-state index is -3.96. The van der Waals surface area contributed by atoms with E-state index in [2.05, 4.69) is 10.0 Å². The molecule has 0 heterocycles. The molecule has 32 heavy (non-hydrogen) atoms. The van der Waals surface area contributed by atoms with E-state index in [-0.39, 0.29) is 16.5 Å². The molecule has 1 unspecified atom stereocenters. The van der Waals surface area contributed by atoms with Crippen molar-refractivity contribution in [3.05, 3.63) is 95.1 Å². The second-order valence-corrected chi connectivity index (χ2v) is 9.58. The number of sulfonamides is 1. The van der Waals surface area contributed by atoms with E-state index in [9.17, 15) is 13.2 Å². The molecule has 0 aromatic heterocycles. The van der Waals surface area contributed by atoms with Crippen molar-refractivity contribution >= 4 is 15.9 Å². The normalized spacial score (nSPS) is 12.4. The number of benzene rings is 3. The molecule has 0 bridgehead atoms. The zero-order chi connectivity index (χ0) is 23.3. The van der Waals surface area contributed by atoms with Gasteiger partial charge >= 0.3 is 0 Å². The lowest BCUT2D eigenvalue weighted by Gasteiger charge is -2.21. The van der Waals surface area contributed by atoms with E-state index in [0.29, 0.717) is 5.75 Å². The Morgan fingerprint density at radius 3 is 2.12 bits per heavy atom. The van der Waals surface area contributed by atoms with Crippen molar-refractivity contribution in [1.82, 2.24) is 10.0 Å². The predicted octanol–water partition coefficient (Wildman–Crippen LogP) is 4.21. The van der Waals surface area contributed by atoms with Crippen LogP contribution in [0.25, 0.3) is 0 Å². The Kier molecular flexibility index (Phi) is 7.33. The first kappa shape index (κ1) is 23.5. The highest BCUT2D eigenvalue weighted by molar-refractivity contribution is 7.89. The minimum Gasteiger partial charge on any atom is -0.496 e. The summed E-state index contributed by atoms with van der Waals surface area (Å²) in [6, 6.07) is 20.7. The maximum atomic E-state index is 13.4. The highest BCUT2D eigenvalue weighted by Gasteiger charge is 2.25. The number of ether oxygens (including phenoxy) is 1. The van der Waals surface area contributed by atoms with E-state index in [1.165, 1.54) is 25.3 Å². The highest BCUT2D eigenvalue weighted by atomic mass is 32.2. The van der Waals surface area contributed by atoms with Crippen LogP contribution in [0.4, 0.5) is 0 Å². The molecule has 0 fully saturated rings. The number of carbonyl (C=O) groups is 1. The van der Waals surface area contributed by atoms with Crippen molar-refractivity contribution < 1.29 is 17.9 Å². The Morgan fingerprint density at radius 2 is 1.53 bits per heavy atom. The number of carbonyl (C=O) groups excluding carboxylic acids is 1. The third-order valence-corrected chi connectivity index (χ3v) is 6.38. The maximum absolute atomic E-state index is 13.4. The lowest BCUT2D eigenvalue weighted by molar-refractivity contribution is 0.0940. The maximum Gasteiger partial charge on any atom is 0.255 e. The van der Waals surface area contributed by atoms with Gasteiger partial charge in [-0.25, -0.2) is 8.42 Å². The molecule has 3 rings (SSSR count). The highest BCUT2D eigenvalue weighted by Crippen LogP contribution is 2.27. The molecular weight excluding hydrogens is 424 g/mol. The summed E-state index contributed by atoms with van der Waals surface area (Å²) in [6.07, 6.45) is 0. The van der Waals surface area contributed by atoms with Crippen molar-refractivity contribution in [2.75, 3.05) is 7.11 Å². The average molecular weight is 453 g/mol. The molecular formula is C25H28N2O4S. The van der Waals surface area contributed by atoms with Gasteiger partial charge in [0.15, 0.2) is 0 Å². The molecule has 3 aromatic rings. The summed E-state index contributed by atoms with van der Waals surface area (Å²) < 4.78 is 34.8. The number of methoxy groups -OCH3 is 1. The third kappa shape index (κ3) is 5.55. The van der Waals surface area contributed by atoms with Crippen molar-refractivity contribution in [2.24, 2.45) is 0 Å². The van der Waals surface area contributed by atoms with E-state index in [4.69, 9.17) is 4.74 Å². The van der Waals surface area contributed by atoms with Crippen LogP contribution < -0.4 is 14.8 Å². The van der Waals surface area contributed by atoms with Crippen molar-refractivity contribution in [2.45, 2.75) is 37.8 Å². The number of hydrogen-bond acceptors (Lipinski definition) is 4. The Balaban J connectivity index is 2.01. The molecule has 168 valence electrons. The summed E-state index contributed by atoms with van der Waals surface area (Å²) in [5.74, 6) is -0.0905. The van der Waals surface area contributed by atoms with Gasteiger partial charge in [-0.2, -0.15) is 4.72 Å². The molecule has 0 radical (unpaired) electrons. The van der Waals surface area contributed by atoms with Gasteiger partial charge in [0, 0.05) is 6.04 Å². The second-order valence-electron chi connectivity index (χ2n) is 7.87. The average Bonchev–Trinajstić information content (AvgIpc) is 2.78. The Labute approximate surface area is 189 Å². The largest absolute Gasteiger partial charge is 0.496 e. The molecule has 0 aliphatic rings. The molecule has 0 saturated heterocycles. The Bertz CT molecular complexity index is 1170. The summed E-state index contributed by atoms with van der Waals surface area (Å²) in [7, 11) is -2.52. The van der Waals surface area contributed by atoms with Crippen LogP contribution in [-0.2, 0) is 10.0 Å². The van der Waals surface area contributed by atoms with Gasteiger partial charge in [0.2, 0.25) is 10.0 Å². The van der Waals surface area contributed by atoms with Crippen molar-refractivity contribution in [1.29, 1.82) is 0 Å². The standard InChI is InChI=1S/C25H28N2O4S/c1-17(2)26-25(28)22-16-21(14-15-23(22)31-4)32(29,30)27-24(19-8-6-5-7-9-19)20-12-10-18(3)11-13-20/h5-17,24,27H,1-4H3,(H,26,28). The molecule has 0 aliphatic heterocycles. The number of rotatable bonds is 8. The zero-order valence-corrected chi connectivity index (χ0v) is 19.4. The molecule has 7 heteroatoms. The quantitative estimate of drug-likeness (QED) is 0.536. The molecule has 2 N–H and O–H groups in total. The van der Waals surface area contributed by atoms with E-state index >= 15 is 0 Å². The van der Waals surface area contributed by atoms with Gasteiger partial charge in [-0.3, -0.25) is 4.79 Å². The van der Waals surface area contributed by atoms with Crippen LogP contribution in [0.1, 0.15) is 46.9 Å². The fourth-order valence-corrected chi connectivity index (χ4v) is 4.57. The first-order chi connectivity index (χ1) is 15.2. The van der Waals surface area contributed by atoms with Crippen LogP contribution in [0.2, 0.25) is 0 Å². The lowest BCUT2D eigenvalue weighted by Crippen LogP contribution is -2.32. The molecule has 1 atom stereocenters. The van der Waals surface area contributed by atoms with Crippen molar-refractivity contribution in [3.63, 3.8) is 0 Å². The van der Waals surface area contributed by atoms with Gasteiger partial charge < -0.3 is 10.1 Å². The molecule has 1 amide bonds. The first-order valence-electron chi connectivity index (χ1n) is 10.3. The third-order valence-electron chi connectivity index (χ3n) is 4.96. The van der Waals surface area contributed by atoms with Crippen molar-refractivity contribution in [3.8, 4) is 5.75 Å².